The minimum absolute atomic E-state index is 0.0378. The SMILES string of the molecule is CCN(CC)CCN(CCN(CC)CC)C(=O)NCc1ccc(CN2CCN(C)CC2)cc1. The van der Waals surface area contributed by atoms with Crippen molar-refractivity contribution >= 4 is 6.03 Å². The summed E-state index contributed by atoms with van der Waals surface area (Å²) in [7, 11) is 2.19. The second kappa shape index (κ2) is 15.3. The molecule has 0 aromatic heterocycles. The molecule has 0 atom stereocenters. The molecule has 0 radical (unpaired) electrons. The van der Waals surface area contributed by atoms with E-state index in [4.69, 9.17) is 0 Å². The molecule has 1 aromatic carbocycles. The molecule has 1 saturated heterocycles. The van der Waals surface area contributed by atoms with Crippen LogP contribution in [0.25, 0.3) is 0 Å². The van der Waals surface area contributed by atoms with E-state index in [1.54, 1.807) is 0 Å². The number of urea groups is 1. The summed E-state index contributed by atoms with van der Waals surface area (Å²) in [6, 6.07) is 8.76. The molecule has 7 nitrogen and oxygen atoms in total. The fourth-order valence-corrected chi connectivity index (χ4v) is 4.24. The molecule has 1 heterocycles. The molecule has 1 aromatic rings. The Morgan fingerprint density at radius 1 is 0.788 bits per heavy atom. The van der Waals surface area contributed by atoms with Crippen LogP contribution in [0.3, 0.4) is 0 Å². The smallest absolute Gasteiger partial charge is 0.317 e. The maximum atomic E-state index is 13.0. The van der Waals surface area contributed by atoms with Crippen molar-refractivity contribution in [3.63, 3.8) is 0 Å². The molecule has 2 amide bonds. The molecule has 0 aliphatic carbocycles. The lowest BCUT2D eigenvalue weighted by Crippen LogP contribution is -2.46. The number of rotatable bonds is 14. The molecule has 0 bridgehead atoms. The quantitative estimate of drug-likeness (QED) is 0.462. The third-order valence-electron chi connectivity index (χ3n) is 6.92. The highest BCUT2D eigenvalue weighted by Crippen LogP contribution is 2.10. The number of carbonyl (C=O) groups excluding carboxylic acids is 1. The Balaban J connectivity index is 1.85. The van der Waals surface area contributed by atoms with Gasteiger partial charge in [0.1, 0.15) is 0 Å². The van der Waals surface area contributed by atoms with Gasteiger partial charge in [-0.1, -0.05) is 52.0 Å². The Kier molecular flexibility index (Phi) is 12.8. The Bertz CT molecular complexity index is 635. The number of piperazine rings is 1. The molecule has 1 fully saturated rings. The van der Waals surface area contributed by atoms with Gasteiger partial charge in [0.15, 0.2) is 0 Å². The Labute approximate surface area is 202 Å². The fraction of sp³-hybridized carbons (Fsp3) is 0.731. The normalized spacial score (nSPS) is 15.4. The fourth-order valence-electron chi connectivity index (χ4n) is 4.24. The number of hydrogen-bond donors (Lipinski definition) is 1. The van der Waals surface area contributed by atoms with Crippen molar-refractivity contribution in [2.24, 2.45) is 0 Å². The van der Waals surface area contributed by atoms with Gasteiger partial charge in [0, 0.05) is 65.4 Å². The maximum Gasteiger partial charge on any atom is 0.317 e. The molecular weight excluding hydrogens is 412 g/mol. The third kappa shape index (κ3) is 10.0. The minimum atomic E-state index is 0.0378. The van der Waals surface area contributed by atoms with Crippen LogP contribution < -0.4 is 5.32 Å². The second-order valence-electron chi connectivity index (χ2n) is 9.10. The van der Waals surface area contributed by atoms with E-state index in [9.17, 15) is 4.79 Å². The van der Waals surface area contributed by atoms with Gasteiger partial charge in [-0.3, -0.25) is 4.90 Å². The van der Waals surface area contributed by atoms with Crippen LogP contribution in [0.15, 0.2) is 24.3 Å². The summed E-state index contributed by atoms with van der Waals surface area (Å²) in [5.74, 6) is 0. The lowest BCUT2D eigenvalue weighted by atomic mass is 10.1. The second-order valence-corrected chi connectivity index (χ2v) is 9.10. The lowest BCUT2D eigenvalue weighted by Gasteiger charge is -2.32. The molecule has 0 spiro atoms. The van der Waals surface area contributed by atoms with E-state index in [0.29, 0.717) is 6.54 Å². The van der Waals surface area contributed by atoms with Crippen molar-refractivity contribution in [2.45, 2.75) is 40.8 Å². The van der Waals surface area contributed by atoms with Gasteiger partial charge in [-0.15, -0.1) is 0 Å². The Hall–Kier alpha value is -1.67. The van der Waals surface area contributed by atoms with Gasteiger partial charge in [-0.25, -0.2) is 4.79 Å². The highest BCUT2D eigenvalue weighted by molar-refractivity contribution is 5.74. The predicted octanol–water partition coefficient (Wildman–Crippen LogP) is 2.63. The van der Waals surface area contributed by atoms with Gasteiger partial charge in [0.05, 0.1) is 0 Å². The lowest BCUT2D eigenvalue weighted by molar-refractivity contribution is 0.148. The summed E-state index contributed by atoms with van der Waals surface area (Å²) in [6.45, 7) is 22.3. The van der Waals surface area contributed by atoms with Crippen molar-refractivity contribution in [3.8, 4) is 0 Å². The molecule has 2 rings (SSSR count). The van der Waals surface area contributed by atoms with Gasteiger partial charge < -0.3 is 24.9 Å². The van der Waals surface area contributed by atoms with E-state index >= 15 is 0 Å². The van der Waals surface area contributed by atoms with Gasteiger partial charge in [0.2, 0.25) is 0 Å². The molecule has 1 N–H and O–H groups in total. The van der Waals surface area contributed by atoms with E-state index in [1.807, 2.05) is 4.90 Å². The van der Waals surface area contributed by atoms with Crippen molar-refractivity contribution in [1.82, 2.24) is 29.8 Å². The molecule has 0 unspecified atom stereocenters. The van der Waals surface area contributed by atoms with Crippen LogP contribution in [-0.4, -0.2) is 116 Å². The van der Waals surface area contributed by atoms with Crippen LogP contribution in [0.1, 0.15) is 38.8 Å². The highest BCUT2D eigenvalue weighted by Gasteiger charge is 2.16. The first kappa shape index (κ1) is 27.6. The van der Waals surface area contributed by atoms with Crippen molar-refractivity contribution in [2.75, 3.05) is 85.6 Å². The molecular formula is C26H48N6O. The van der Waals surface area contributed by atoms with E-state index in [0.717, 1.165) is 90.6 Å². The average molecular weight is 461 g/mol. The van der Waals surface area contributed by atoms with Crippen molar-refractivity contribution in [3.05, 3.63) is 35.4 Å². The van der Waals surface area contributed by atoms with Crippen LogP contribution in [0.2, 0.25) is 0 Å². The average Bonchev–Trinajstić information content (AvgIpc) is 2.84. The van der Waals surface area contributed by atoms with Crippen molar-refractivity contribution in [1.29, 1.82) is 0 Å². The molecule has 188 valence electrons. The number of nitrogens with one attached hydrogen (secondary N) is 1. The van der Waals surface area contributed by atoms with Gasteiger partial charge in [-0.05, 0) is 44.4 Å². The van der Waals surface area contributed by atoms with Crippen LogP contribution in [-0.2, 0) is 13.1 Å². The zero-order valence-electron chi connectivity index (χ0n) is 21.9. The molecule has 1 aliphatic heterocycles. The first-order chi connectivity index (χ1) is 16.0. The van der Waals surface area contributed by atoms with Gasteiger partial charge >= 0.3 is 6.03 Å². The number of amides is 2. The minimum Gasteiger partial charge on any atom is -0.334 e. The molecule has 7 heteroatoms. The number of likely N-dealkylation sites (N-methyl/N-ethyl adjacent to an activating group) is 3. The largest absolute Gasteiger partial charge is 0.334 e. The summed E-state index contributed by atoms with van der Waals surface area (Å²) in [4.78, 5) is 24.6. The van der Waals surface area contributed by atoms with Crippen molar-refractivity contribution < 1.29 is 4.79 Å². The monoisotopic (exact) mass is 460 g/mol. The first-order valence-electron chi connectivity index (χ1n) is 12.9. The Morgan fingerprint density at radius 2 is 1.27 bits per heavy atom. The van der Waals surface area contributed by atoms with Crippen LogP contribution >= 0.6 is 0 Å². The van der Waals surface area contributed by atoms with E-state index in [1.165, 1.54) is 5.56 Å². The third-order valence-corrected chi connectivity index (χ3v) is 6.92. The summed E-state index contributed by atoms with van der Waals surface area (Å²) in [5, 5.41) is 3.16. The number of carbonyl (C=O) groups is 1. The zero-order chi connectivity index (χ0) is 24.1. The summed E-state index contributed by atoms with van der Waals surface area (Å²) < 4.78 is 0. The topological polar surface area (TPSA) is 45.3 Å². The zero-order valence-corrected chi connectivity index (χ0v) is 21.9. The standard InChI is InChI=1S/C26H48N6O/c1-6-29(7-2)18-20-32(21-19-30(8-3)9-4)26(33)27-22-24-10-12-25(13-11-24)23-31-16-14-28(5)15-17-31/h10-13H,6-9,14-23H2,1-5H3,(H,27,33). The first-order valence-corrected chi connectivity index (χ1v) is 12.9. The van der Waals surface area contributed by atoms with Crippen LogP contribution in [0.5, 0.6) is 0 Å². The van der Waals surface area contributed by atoms with Crippen LogP contribution in [0.4, 0.5) is 4.79 Å². The molecule has 1 aliphatic rings. The highest BCUT2D eigenvalue weighted by atomic mass is 16.2. The van der Waals surface area contributed by atoms with E-state index in [2.05, 4.69) is 83.9 Å². The van der Waals surface area contributed by atoms with E-state index < -0.39 is 0 Å². The van der Waals surface area contributed by atoms with Gasteiger partial charge in [0.25, 0.3) is 0 Å². The number of hydrogen-bond acceptors (Lipinski definition) is 5. The van der Waals surface area contributed by atoms with Crippen LogP contribution in [0, 0.1) is 0 Å². The summed E-state index contributed by atoms with van der Waals surface area (Å²) in [6.07, 6.45) is 0. The number of nitrogens with zero attached hydrogens (tertiary/aromatic N) is 5. The Morgan fingerprint density at radius 3 is 1.76 bits per heavy atom. The van der Waals surface area contributed by atoms with Gasteiger partial charge in [-0.2, -0.15) is 0 Å². The summed E-state index contributed by atoms with van der Waals surface area (Å²) >= 11 is 0. The predicted molar refractivity (Wildman–Crippen MR) is 139 cm³/mol. The molecule has 0 saturated carbocycles. The number of benzene rings is 1. The summed E-state index contributed by atoms with van der Waals surface area (Å²) in [5.41, 5.74) is 2.49. The molecule has 33 heavy (non-hydrogen) atoms. The van der Waals surface area contributed by atoms with E-state index in [-0.39, 0.29) is 6.03 Å². The maximum absolute atomic E-state index is 13.0.